The quantitative estimate of drug-likeness (QED) is 0.588. The Hall–Kier alpha value is -0.990. The molecule has 3 heteroatoms. The first-order chi connectivity index (χ1) is 11.0. The highest BCUT2D eigenvalue weighted by Crippen LogP contribution is 2.43. The summed E-state index contributed by atoms with van der Waals surface area (Å²) in [5.74, 6) is 1.82. The number of amides is 1. The molecule has 1 heterocycles. The maximum Gasteiger partial charge on any atom is 0.414 e. The average Bonchev–Trinajstić information content (AvgIpc) is 2.44. The van der Waals surface area contributed by atoms with Crippen LogP contribution in [0.4, 0.5) is 4.79 Å². The molecule has 0 spiro atoms. The van der Waals surface area contributed by atoms with Crippen molar-refractivity contribution < 1.29 is 9.53 Å². The van der Waals surface area contributed by atoms with Crippen molar-refractivity contribution in [3.8, 4) is 0 Å². The van der Waals surface area contributed by atoms with Crippen LogP contribution in [0.25, 0.3) is 0 Å². The number of carbonyl (C=O) groups is 1. The standard InChI is InChI=1S/C21H37NO2/c1-15-8-13-18(22(14-15)19(23)24-21(5,6)7)16-9-11-17(12-10-16)20(2,3)4/h13,15-17H,8-12,14H2,1-7H3. The number of rotatable bonds is 1. The minimum atomic E-state index is -0.438. The Morgan fingerprint density at radius 3 is 2.17 bits per heavy atom. The van der Waals surface area contributed by atoms with E-state index in [1.807, 2.05) is 25.7 Å². The molecule has 24 heavy (non-hydrogen) atoms. The summed E-state index contributed by atoms with van der Waals surface area (Å²) in [6.45, 7) is 15.9. The molecule has 0 radical (unpaired) electrons. The first-order valence-corrected chi connectivity index (χ1v) is 9.68. The van der Waals surface area contributed by atoms with E-state index in [0.29, 0.717) is 17.3 Å². The zero-order valence-electron chi connectivity index (χ0n) is 16.8. The lowest BCUT2D eigenvalue weighted by Gasteiger charge is -2.41. The van der Waals surface area contributed by atoms with Gasteiger partial charge < -0.3 is 4.74 Å². The van der Waals surface area contributed by atoms with Crippen molar-refractivity contribution in [3.05, 3.63) is 11.8 Å². The molecular formula is C21H37NO2. The smallest absolute Gasteiger partial charge is 0.414 e. The summed E-state index contributed by atoms with van der Waals surface area (Å²) in [6, 6.07) is 0. The van der Waals surface area contributed by atoms with E-state index < -0.39 is 5.60 Å². The molecule has 1 unspecified atom stereocenters. The summed E-state index contributed by atoms with van der Waals surface area (Å²) >= 11 is 0. The topological polar surface area (TPSA) is 29.5 Å². The predicted molar refractivity (Wildman–Crippen MR) is 99.7 cm³/mol. The van der Waals surface area contributed by atoms with Gasteiger partial charge in [-0.3, -0.25) is 4.90 Å². The number of ether oxygens (including phenoxy) is 1. The normalized spacial score (nSPS) is 29.2. The maximum atomic E-state index is 12.7. The van der Waals surface area contributed by atoms with Gasteiger partial charge in [0.2, 0.25) is 0 Å². The zero-order valence-corrected chi connectivity index (χ0v) is 16.8. The Labute approximate surface area is 148 Å². The number of allylic oxidation sites excluding steroid dienone is 2. The first-order valence-electron chi connectivity index (χ1n) is 9.68. The lowest BCUT2D eigenvalue weighted by molar-refractivity contribution is 0.0239. The average molecular weight is 336 g/mol. The lowest BCUT2D eigenvalue weighted by atomic mass is 9.69. The number of hydrogen-bond donors (Lipinski definition) is 0. The van der Waals surface area contributed by atoms with E-state index in [4.69, 9.17) is 4.74 Å². The monoisotopic (exact) mass is 335 g/mol. The van der Waals surface area contributed by atoms with Crippen molar-refractivity contribution in [1.29, 1.82) is 0 Å². The van der Waals surface area contributed by atoms with Gasteiger partial charge in [0.15, 0.2) is 0 Å². The van der Waals surface area contributed by atoms with Crippen LogP contribution in [0.15, 0.2) is 11.8 Å². The highest BCUT2D eigenvalue weighted by atomic mass is 16.6. The molecule has 1 saturated carbocycles. The summed E-state index contributed by atoms with van der Waals surface area (Å²) in [6.07, 6.45) is 8.14. The van der Waals surface area contributed by atoms with E-state index in [2.05, 4.69) is 33.8 Å². The van der Waals surface area contributed by atoms with Gasteiger partial charge in [0, 0.05) is 12.2 Å². The predicted octanol–water partition coefficient (Wildman–Crippen LogP) is 6.00. The zero-order chi connectivity index (χ0) is 18.1. The van der Waals surface area contributed by atoms with Crippen LogP contribution in [0.2, 0.25) is 0 Å². The van der Waals surface area contributed by atoms with Crippen LogP contribution in [-0.4, -0.2) is 23.1 Å². The molecule has 1 fully saturated rings. The molecule has 3 nitrogen and oxygen atoms in total. The SMILES string of the molecule is CC1CC=C(C2CCC(C(C)(C)C)CC2)N(C(=O)OC(C)(C)C)C1. The fraction of sp³-hybridized carbons (Fsp3) is 0.857. The Morgan fingerprint density at radius 1 is 1.08 bits per heavy atom. The van der Waals surface area contributed by atoms with Crippen molar-refractivity contribution in [2.75, 3.05) is 6.54 Å². The Kier molecular flexibility index (Phi) is 5.71. The third-order valence-electron chi connectivity index (χ3n) is 5.52. The van der Waals surface area contributed by atoms with Gasteiger partial charge in [-0.25, -0.2) is 4.79 Å². The first kappa shape index (κ1) is 19.3. The molecule has 0 saturated heterocycles. The molecule has 0 aromatic heterocycles. The van der Waals surface area contributed by atoms with Gasteiger partial charge in [-0.05, 0) is 76.0 Å². The number of nitrogens with zero attached hydrogens (tertiary/aromatic N) is 1. The summed E-state index contributed by atoms with van der Waals surface area (Å²) in [7, 11) is 0. The number of hydrogen-bond acceptors (Lipinski definition) is 2. The van der Waals surface area contributed by atoms with E-state index in [1.54, 1.807) is 0 Å². The van der Waals surface area contributed by atoms with Crippen molar-refractivity contribution >= 4 is 6.09 Å². The summed E-state index contributed by atoms with van der Waals surface area (Å²) in [5, 5.41) is 0. The molecule has 1 amide bonds. The summed E-state index contributed by atoms with van der Waals surface area (Å²) < 4.78 is 5.67. The molecule has 1 aliphatic carbocycles. The van der Waals surface area contributed by atoms with Gasteiger partial charge in [0.25, 0.3) is 0 Å². The molecule has 2 rings (SSSR count). The van der Waals surface area contributed by atoms with Gasteiger partial charge in [0.1, 0.15) is 5.60 Å². The van der Waals surface area contributed by atoms with Crippen LogP contribution >= 0.6 is 0 Å². The van der Waals surface area contributed by atoms with Crippen LogP contribution in [0.5, 0.6) is 0 Å². The highest BCUT2D eigenvalue weighted by Gasteiger charge is 2.36. The maximum absolute atomic E-state index is 12.7. The summed E-state index contributed by atoms with van der Waals surface area (Å²) in [4.78, 5) is 14.6. The molecular weight excluding hydrogens is 298 g/mol. The highest BCUT2D eigenvalue weighted by molar-refractivity contribution is 5.71. The van der Waals surface area contributed by atoms with Crippen LogP contribution in [0.1, 0.15) is 80.6 Å². The van der Waals surface area contributed by atoms with Crippen LogP contribution in [-0.2, 0) is 4.74 Å². The van der Waals surface area contributed by atoms with E-state index in [-0.39, 0.29) is 6.09 Å². The fourth-order valence-electron chi connectivity index (χ4n) is 4.06. The second-order valence-corrected chi connectivity index (χ2v) is 9.98. The van der Waals surface area contributed by atoms with Crippen molar-refractivity contribution in [3.63, 3.8) is 0 Å². The molecule has 2 aliphatic rings. The van der Waals surface area contributed by atoms with Crippen molar-refractivity contribution in [1.82, 2.24) is 4.90 Å². The van der Waals surface area contributed by atoms with Crippen LogP contribution in [0.3, 0.4) is 0 Å². The third kappa shape index (κ3) is 5.00. The third-order valence-corrected chi connectivity index (χ3v) is 5.52. The van der Waals surface area contributed by atoms with Crippen LogP contribution < -0.4 is 0 Å². The Bertz CT molecular complexity index is 473. The van der Waals surface area contributed by atoms with E-state index in [1.165, 1.54) is 31.4 Å². The van der Waals surface area contributed by atoms with E-state index >= 15 is 0 Å². The van der Waals surface area contributed by atoms with E-state index in [9.17, 15) is 4.79 Å². The lowest BCUT2D eigenvalue weighted by Crippen LogP contribution is -2.43. The molecule has 0 aromatic rings. The summed E-state index contributed by atoms with van der Waals surface area (Å²) in [5.41, 5.74) is 1.19. The molecule has 1 atom stereocenters. The molecule has 0 aromatic carbocycles. The fourth-order valence-corrected chi connectivity index (χ4v) is 4.06. The largest absolute Gasteiger partial charge is 0.443 e. The van der Waals surface area contributed by atoms with E-state index in [0.717, 1.165) is 18.9 Å². The van der Waals surface area contributed by atoms with Gasteiger partial charge in [-0.1, -0.05) is 33.8 Å². The molecule has 1 aliphatic heterocycles. The second kappa shape index (κ2) is 7.09. The van der Waals surface area contributed by atoms with Crippen LogP contribution in [0, 0.1) is 23.2 Å². The minimum absolute atomic E-state index is 0.168. The van der Waals surface area contributed by atoms with Crippen molar-refractivity contribution in [2.24, 2.45) is 23.2 Å². The molecule has 138 valence electrons. The molecule has 0 bridgehead atoms. The van der Waals surface area contributed by atoms with Crippen molar-refractivity contribution in [2.45, 2.75) is 86.2 Å². The van der Waals surface area contributed by atoms with Gasteiger partial charge >= 0.3 is 6.09 Å². The van der Waals surface area contributed by atoms with Gasteiger partial charge in [-0.15, -0.1) is 0 Å². The Balaban J connectivity index is 2.08. The molecule has 0 N–H and O–H groups in total. The van der Waals surface area contributed by atoms with Gasteiger partial charge in [0.05, 0.1) is 0 Å². The number of carbonyl (C=O) groups excluding carboxylic acids is 1. The van der Waals surface area contributed by atoms with Gasteiger partial charge in [-0.2, -0.15) is 0 Å². The minimum Gasteiger partial charge on any atom is -0.443 e. The second-order valence-electron chi connectivity index (χ2n) is 9.98. The Morgan fingerprint density at radius 2 is 1.67 bits per heavy atom.